The fraction of sp³-hybridized carbons (Fsp3) is 0.464. The van der Waals surface area contributed by atoms with Crippen molar-refractivity contribution in [3.8, 4) is 0 Å². The van der Waals surface area contributed by atoms with Gasteiger partial charge in [0.25, 0.3) is 0 Å². The Bertz CT molecular complexity index is 1190. The highest BCUT2D eigenvalue weighted by Gasteiger charge is 2.42. The number of nitrogens with zero attached hydrogens (tertiary/aromatic N) is 5. The lowest BCUT2D eigenvalue weighted by Gasteiger charge is -2.47. The summed E-state index contributed by atoms with van der Waals surface area (Å²) in [6.45, 7) is 7.49. The van der Waals surface area contributed by atoms with Crippen molar-refractivity contribution in [2.45, 2.75) is 51.2 Å². The minimum Gasteiger partial charge on any atom is -0.364 e. The average Bonchev–Trinajstić information content (AvgIpc) is 3.27. The number of pyridine rings is 1. The summed E-state index contributed by atoms with van der Waals surface area (Å²) in [4.78, 5) is 23.3. The lowest BCUT2D eigenvalue weighted by molar-refractivity contribution is -0.145. The van der Waals surface area contributed by atoms with Gasteiger partial charge in [0.1, 0.15) is 5.82 Å². The van der Waals surface area contributed by atoms with Gasteiger partial charge in [-0.15, -0.1) is 0 Å². The van der Waals surface area contributed by atoms with E-state index in [-0.39, 0.29) is 23.3 Å². The molecule has 2 aliphatic rings. The van der Waals surface area contributed by atoms with Crippen molar-refractivity contribution < 1.29 is 4.79 Å². The van der Waals surface area contributed by atoms with E-state index in [4.69, 9.17) is 0 Å². The van der Waals surface area contributed by atoms with E-state index in [2.05, 4.69) is 76.4 Å². The van der Waals surface area contributed by atoms with E-state index in [1.807, 2.05) is 31.6 Å². The quantitative estimate of drug-likeness (QED) is 0.612. The first-order valence-corrected chi connectivity index (χ1v) is 12.6. The number of aryl methyl sites for hydroxylation is 1. The van der Waals surface area contributed by atoms with Gasteiger partial charge in [-0.1, -0.05) is 30.3 Å². The summed E-state index contributed by atoms with van der Waals surface area (Å²) in [6, 6.07) is 14.7. The Hall–Kier alpha value is -3.19. The Labute approximate surface area is 208 Å². The van der Waals surface area contributed by atoms with E-state index in [1.165, 1.54) is 16.7 Å². The maximum Gasteiger partial charge on any atom is 0.227 e. The second-order valence-electron chi connectivity index (χ2n) is 10.8. The maximum atomic E-state index is 14.1. The first-order valence-electron chi connectivity index (χ1n) is 12.6. The van der Waals surface area contributed by atoms with Crippen molar-refractivity contribution in [2.24, 2.45) is 13.0 Å². The first kappa shape index (κ1) is 23.5. The third-order valence-corrected chi connectivity index (χ3v) is 7.61. The van der Waals surface area contributed by atoms with Gasteiger partial charge in [0.15, 0.2) is 0 Å². The third-order valence-electron chi connectivity index (χ3n) is 7.61. The number of piperidine rings is 1. The third kappa shape index (κ3) is 4.96. The molecule has 0 aliphatic carbocycles. The number of hydrogen-bond donors (Lipinski definition) is 1. The molecule has 1 aromatic carbocycles. The molecule has 0 saturated carbocycles. The van der Waals surface area contributed by atoms with Crippen molar-refractivity contribution in [1.82, 2.24) is 24.6 Å². The van der Waals surface area contributed by atoms with Crippen LogP contribution in [0.15, 0.2) is 54.9 Å². The number of fused-ring (bicyclic) bond motifs is 1. The second kappa shape index (κ2) is 9.46. The highest BCUT2D eigenvalue weighted by Crippen LogP contribution is 2.38. The summed E-state index contributed by atoms with van der Waals surface area (Å²) in [5.41, 5.74) is 4.39. The molecule has 0 unspecified atom stereocenters. The Morgan fingerprint density at radius 2 is 1.94 bits per heavy atom. The van der Waals surface area contributed by atoms with Crippen molar-refractivity contribution in [3.05, 3.63) is 77.2 Å². The molecule has 1 saturated heterocycles. The number of likely N-dealkylation sites (tertiary alicyclic amines) is 1. The highest BCUT2D eigenvalue weighted by molar-refractivity contribution is 5.81. The van der Waals surface area contributed by atoms with Crippen LogP contribution in [0.2, 0.25) is 0 Å². The van der Waals surface area contributed by atoms with Crippen LogP contribution >= 0.6 is 0 Å². The van der Waals surface area contributed by atoms with Crippen LogP contribution in [-0.4, -0.2) is 56.1 Å². The van der Waals surface area contributed by atoms with Crippen molar-refractivity contribution >= 4 is 11.7 Å². The molecule has 184 valence electrons. The molecule has 0 radical (unpaired) electrons. The SMILES string of the molecule is CN1CC[C@H](C(=O)N2Cc3cc(NCc4ccn(C)n4)ncc3CC2(C)C)[C@@H](c2ccccc2)C1. The van der Waals surface area contributed by atoms with Crippen molar-refractivity contribution in [2.75, 3.05) is 25.5 Å². The van der Waals surface area contributed by atoms with Crippen LogP contribution in [0, 0.1) is 5.92 Å². The van der Waals surface area contributed by atoms with Crippen LogP contribution in [0.25, 0.3) is 0 Å². The van der Waals surface area contributed by atoms with Crippen LogP contribution < -0.4 is 5.32 Å². The Kier molecular flexibility index (Phi) is 6.36. The zero-order valence-electron chi connectivity index (χ0n) is 21.2. The van der Waals surface area contributed by atoms with E-state index in [0.717, 1.165) is 37.4 Å². The lowest BCUT2D eigenvalue weighted by Crippen LogP contribution is -2.55. The number of aromatic nitrogens is 3. The predicted octanol–water partition coefficient (Wildman–Crippen LogP) is 3.83. The minimum absolute atomic E-state index is 0.00184. The molecule has 7 nitrogen and oxygen atoms in total. The highest BCUT2D eigenvalue weighted by atomic mass is 16.2. The summed E-state index contributed by atoms with van der Waals surface area (Å²) in [7, 11) is 4.07. The monoisotopic (exact) mass is 472 g/mol. The van der Waals surface area contributed by atoms with Gasteiger partial charge in [-0.2, -0.15) is 5.10 Å². The van der Waals surface area contributed by atoms with E-state index < -0.39 is 0 Å². The molecule has 2 aliphatic heterocycles. The fourth-order valence-corrected chi connectivity index (χ4v) is 5.64. The van der Waals surface area contributed by atoms with Crippen LogP contribution in [0.1, 0.15) is 48.6 Å². The lowest BCUT2D eigenvalue weighted by atomic mass is 9.78. The summed E-state index contributed by atoms with van der Waals surface area (Å²) in [5, 5.41) is 7.82. The zero-order valence-corrected chi connectivity index (χ0v) is 21.2. The summed E-state index contributed by atoms with van der Waals surface area (Å²) in [6.07, 6.45) is 5.61. The molecular weight excluding hydrogens is 436 g/mol. The molecule has 1 N–H and O–H groups in total. The fourth-order valence-electron chi connectivity index (χ4n) is 5.64. The van der Waals surface area contributed by atoms with E-state index in [1.54, 1.807) is 4.68 Å². The molecular formula is C28H36N6O. The number of rotatable bonds is 5. The van der Waals surface area contributed by atoms with Gasteiger partial charge < -0.3 is 15.1 Å². The molecule has 1 fully saturated rings. The van der Waals surface area contributed by atoms with Crippen molar-refractivity contribution in [1.29, 1.82) is 0 Å². The molecule has 2 aromatic heterocycles. The molecule has 0 bridgehead atoms. The van der Waals surface area contributed by atoms with Gasteiger partial charge in [-0.05, 0) is 69.1 Å². The molecule has 3 aromatic rings. The van der Waals surface area contributed by atoms with Gasteiger partial charge in [0.05, 0.1) is 12.2 Å². The van der Waals surface area contributed by atoms with Gasteiger partial charge in [0.2, 0.25) is 5.91 Å². The van der Waals surface area contributed by atoms with Crippen molar-refractivity contribution in [3.63, 3.8) is 0 Å². The molecule has 5 rings (SSSR count). The summed E-state index contributed by atoms with van der Waals surface area (Å²) < 4.78 is 1.80. The molecule has 4 heterocycles. The Morgan fingerprint density at radius 3 is 2.69 bits per heavy atom. The zero-order chi connectivity index (χ0) is 24.6. The number of benzene rings is 1. The smallest absolute Gasteiger partial charge is 0.227 e. The second-order valence-corrected chi connectivity index (χ2v) is 10.8. The number of hydrogen-bond acceptors (Lipinski definition) is 5. The largest absolute Gasteiger partial charge is 0.364 e. The first-order chi connectivity index (χ1) is 16.8. The summed E-state index contributed by atoms with van der Waals surface area (Å²) >= 11 is 0. The minimum atomic E-state index is -0.251. The van der Waals surface area contributed by atoms with E-state index >= 15 is 0 Å². The predicted molar refractivity (Wildman–Crippen MR) is 138 cm³/mol. The Morgan fingerprint density at radius 1 is 1.14 bits per heavy atom. The molecule has 2 atom stereocenters. The van der Waals surface area contributed by atoms with Crippen LogP contribution in [0.3, 0.4) is 0 Å². The maximum absolute atomic E-state index is 14.1. The summed E-state index contributed by atoms with van der Waals surface area (Å²) in [5.74, 6) is 1.32. The van der Waals surface area contributed by atoms with Crippen LogP contribution in [0.5, 0.6) is 0 Å². The number of amides is 1. The average molecular weight is 473 g/mol. The van der Waals surface area contributed by atoms with Gasteiger partial charge in [0, 0.05) is 49.9 Å². The number of carbonyl (C=O) groups is 1. The Balaban J connectivity index is 1.37. The van der Waals surface area contributed by atoms with E-state index in [0.29, 0.717) is 13.1 Å². The standard InChI is InChI=1S/C28H36N6O/c1-28(2)15-22-16-29-26(30-17-23-10-13-33(4)31-23)14-21(22)18-34(28)27(35)24-11-12-32(3)19-25(24)20-8-6-5-7-9-20/h5-10,13-14,16,24-25H,11-12,15,17-19H2,1-4H3,(H,29,30)/t24-,25+/m0/s1. The molecule has 0 spiro atoms. The number of nitrogens with one attached hydrogen (secondary N) is 1. The van der Waals surface area contributed by atoms with E-state index in [9.17, 15) is 4.79 Å². The number of carbonyl (C=O) groups excluding carboxylic acids is 1. The van der Waals surface area contributed by atoms with Gasteiger partial charge in [-0.3, -0.25) is 9.48 Å². The molecule has 35 heavy (non-hydrogen) atoms. The molecule has 7 heteroatoms. The topological polar surface area (TPSA) is 66.3 Å². The number of likely N-dealkylation sites (N-methyl/N-ethyl adjacent to an activating group) is 1. The van der Waals surface area contributed by atoms with Gasteiger partial charge >= 0.3 is 0 Å². The van der Waals surface area contributed by atoms with Gasteiger partial charge in [-0.25, -0.2) is 4.98 Å². The molecule has 1 amide bonds. The number of anilines is 1. The van der Waals surface area contributed by atoms with Crippen LogP contribution in [0.4, 0.5) is 5.82 Å². The van der Waals surface area contributed by atoms with Crippen LogP contribution in [-0.2, 0) is 31.4 Å². The normalized spacial score (nSPS) is 22.0.